The van der Waals surface area contributed by atoms with Gasteiger partial charge in [-0.05, 0) is 49.9 Å². The first-order valence-corrected chi connectivity index (χ1v) is 6.23. The number of hydrogen-bond donors (Lipinski definition) is 1. The highest BCUT2D eigenvalue weighted by Crippen LogP contribution is 2.53. The van der Waals surface area contributed by atoms with E-state index >= 15 is 0 Å². The molecule has 1 aliphatic heterocycles. The first-order valence-electron chi connectivity index (χ1n) is 6.23. The molecule has 0 spiro atoms. The van der Waals surface area contributed by atoms with Crippen molar-refractivity contribution in [1.82, 2.24) is 5.32 Å². The zero-order chi connectivity index (χ0) is 11.0. The molecule has 1 heterocycles. The van der Waals surface area contributed by atoms with Gasteiger partial charge in [-0.2, -0.15) is 0 Å². The average Bonchev–Trinajstić information content (AvgIpc) is 2.97. The molecule has 1 aromatic rings. The minimum atomic E-state index is 0.422. The van der Waals surface area contributed by atoms with Gasteiger partial charge in [0.05, 0.1) is 7.11 Å². The molecule has 0 amide bonds. The van der Waals surface area contributed by atoms with E-state index in [-0.39, 0.29) is 0 Å². The van der Waals surface area contributed by atoms with Gasteiger partial charge < -0.3 is 10.1 Å². The predicted molar refractivity (Wildman–Crippen MR) is 64.9 cm³/mol. The highest BCUT2D eigenvalue weighted by molar-refractivity contribution is 5.39. The Morgan fingerprint density at radius 2 is 2.25 bits per heavy atom. The Balaban J connectivity index is 1.90. The van der Waals surface area contributed by atoms with Crippen molar-refractivity contribution in [1.29, 1.82) is 0 Å². The van der Waals surface area contributed by atoms with E-state index in [0.29, 0.717) is 11.5 Å². The molecule has 16 heavy (non-hydrogen) atoms. The van der Waals surface area contributed by atoms with Gasteiger partial charge in [-0.25, -0.2) is 0 Å². The molecule has 1 aromatic carbocycles. The molecule has 1 atom stereocenters. The van der Waals surface area contributed by atoms with Crippen molar-refractivity contribution in [3.05, 3.63) is 29.8 Å². The first kappa shape index (κ1) is 10.2. The fraction of sp³-hybridized carbons (Fsp3) is 0.571. The molecule has 1 N–H and O–H groups in total. The predicted octanol–water partition coefficient (Wildman–Crippen LogP) is 2.48. The summed E-state index contributed by atoms with van der Waals surface area (Å²) in [6.45, 7) is 1.19. The maximum atomic E-state index is 5.32. The van der Waals surface area contributed by atoms with Crippen LogP contribution >= 0.6 is 0 Å². The monoisotopic (exact) mass is 217 g/mol. The van der Waals surface area contributed by atoms with Crippen LogP contribution in [0.4, 0.5) is 0 Å². The largest absolute Gasteiger partial charge is 0.497 e. The minimum absolute atomic E-state index is 0.422. The second kappa shape index (κ2) is 3.77. The summed E-state index contributed by atoms with van der Waals surface area (Å²) in [5.74, 6) is 0.988. The molecule has 1 unspecified atom stereocenters. The third-order valence-electron chi connectivity index (χ3n) is 4.16. The third kappa shape index (κ3) is 1.52. The van der Waals surface area contributed by atoms with Gasteiger partial charge in [0.15, 0.2) is 0 Å². The SMILES string of the molecule is COc1cccc(C2(C3CCCN3)CC2)c1. The molecule has 1 aliphatic carbocycles. The second-order valence-electron chi connectivity index (χ2n) is 5.04. The second-order valence-corrected chi connectivity index (χ2v) is 5.04. The number of hydrogen-bond acceptors (Lipinski definition) is 2. The molecule has 1 saturated carbocycles. The van der Waals surface area contributed by atoms with E-state index in [1.165, 1.54) is 37.8 Å². The maximum Gasteiger partial charge on any atom is 0.119 e. The van der Waals surface area contributed by atoms with Crippen LogP contribution in [-0.2, 0) is 5.41 Å². The summed E-state index contributed by atoms with van der Waals surface area (Å²) in [4.78, 5) is 0. The summed E-state index contributed by atoms with van der Waals surface area (Å²) in [6.07, 6.45) is 5.32. The molecular formula is C14H19NO. The van der Waals surface area contributed by atoms with Crippen molar-refractivity contribution >= 4 is 0 Å². The quantitative estimate of drug-likeness (QED) is 0.840. The highest BCUT2D eigenvalue weighted by Gasteiger charge is 2.51. The number of benzene rings is 1. The van der Waals surface area contributed by atoms with Crippen molar-refractivity contribution < 1.29 is 4.74 Å². The van der Waals surface area contributed by atoms with Crippen molar-refractivity contribution in [2.75, 3.05) is 13.7 Å². The van der Waals surface area contributed by atoms with E-state index in [4.69, 9.17) is 4.74 Å². The van der Waals surface area contributed by atoms with Crippen LogP contribution in [-0.4, -0.2) is 19.7 Å². The summed E-state index contributed by atoms with van der Waals surface area (Å²) in [5, 5.41) is 3.65. The van der Waals surface area contributed by atoms with Crippen molar-refractivity contribution in [3.63, 3.8) is 0 Å². The summed E-state index contributed by atoms with van der Waals surface area (Å²) in [5.41, 5.74) is 1.89. The van der Waals surface area contributed by atoms with Gasteiger partial charge in [-0.3, -0.25) is 0 Å². The van der Waals surface area contributed by atoms with Crippen LogP contribution in [0.25, 0.3) is 0 Å². The number of ether oxygens (including phenoxy) is 1. The molecule has 2 nitrogen and oxygen atoms in total. The minimum Gasteiger partial charge on any atom is -0.497 e. The zero-order valence-corrected chi connectivity index (χ0v) is 9.83. The van der Waals surface area contributed by atoms with Crippen molar-refractivity contribution in [2.24, 2.45) is 0 Å². The normalized spacial score (nSPS) is 26.7. The van der Waals surface area contributed by atoms with E-state index < -0.39 is 0 Å². The van der Waals surface area contributed by atoms with Crippen molar-refractivity contribution in [2.45, 2.75) is 37.1 Å². The standard InChI is InChI=1S/C14H19NO/c1-16-12-5-2-4-11(10-12)14(7-8-14)13-6-3-9-15-13/h2,4-5,10,13,15H,3,6-9H2,1H3. The van der Waals surface area contributed by atoms with Crippen LogP contribution in [0.15, 0.2) is 24.3 Å². The Labute approximate surface area is 97.0 Å². The van der Waals surface area contributed by atoms with Gasteiger partial charge in [0, 0.05) is 11.5 Å². The molecule has 0 radical (unpaired) electrons. The summed E-state index contributed by atoms with van der Waals surface area (Å²) < 4.78 is 5.32. The fourth-order valence-corrected chi connectivity index (χ4v) is 3.06. The Morgan fingerprint density at radius 1 is 1.38 bits per heavy atom. The van der Waals surface area contributed by atoms with Gasteiger partial charge in [-0.15, -0.1) is 0 Å². The highest BCUT2D eigenvalue weighted by atomic mass is 16.5. The lowest BCUT2D eigenvalue weighted by Crippen LogP contribution is -2.34. The molecule has 86 valence electrons. The fourth-order valence-electron chi connectivity index (χ4n) is 3.06. The maximum absolute atomic E-state index is 5.32. The molecule has 2 aliphatic rings. The van der Waals surface area contributed by atoms with Crippen LogP contribution in [0, 0.1) is 0 Å². The number of methoxy groups -OCH3 is 1. The molecule has 0 aromatic heterocycles. The van der Waals surface area contributed by atoms with Gasteiger partial charge in [0.1, 0.15) is 5.75 Å². The molecule has 2 fully saturated rings. The average molecular weight is 217 g/mol. The van der Waals surface area contributed by atoms with E-state index in [0.717, 1.165) is 5.75 Å². The van der Waals surface area contributed by atoms with Crippen LogP contribution < -0.4 is 10.1 Å². The van der Waals surface area contributed by atoms with Gasteiger partial charge in [0.25, 0.3) is 0 Å². The number of nitrogens with one attached hydrogen (secondary N) is 1. The topological polar surface area (TPSA) is 21.3 Å². The van der Waals surface area contributed by atoms with Gasteiger partial charge in [-0.1, -0.05) is 12.1 Å². The van der Waals surface area contributed by atoms with Gasteiger partial charge >= 0.3 is 0 Å². The van der Waals surface area contributed by atoms with Crippen LogP contribution in [0.2, 0.25) is 0 Å². The molecule has 0 bridgehead atoms. The molecular weight excluding hydrogens is 198 g/mol. The first-order chi connectivity index (χ1) is 7.85. The Bertz CT molecular complexity index is 378. The van der Waals surface area contributed by atoms with Crippen LogP contribution in [0.1, 0.15) is 31.2 Å². The number of rotatable bonds is 3. The Kier molecular flexibility index (Phi) is 2.40. The van der Waals surface area contributed by atoms with E-state index in [1.54, 1.807) is 7.11 Å². The third-order valence-corrected chi connectivity index (χ3v) is 4.16. The molecule has 2 heteroatoms. The van der Waals surface area contributed by atoms with E-state index in [2.05, 4.69) is 23.5 Å². The van der Waals surface area contributed by atoms with Crippen molar-refractivity contribution in [3.8, 4) is 5.75 Å². The van der Waals surface area contributed by atoms with Gasteiger partial charge in [0.2, 0.25) is 0 Å². The molecule has 3 rings (SSSR count). The Morgan fingerprint density at radius 3 is 2.88 bits per heavy atom. The van der Waals surface area contributed by atoms with Crippen LogP contribution in [0.3, 0.4) is 0 Å². The van der Waals surface area contributed by atoms with Crippen LogP contribution in [0.5, 0.6) is 5.75 Å². The zero-order valence-electron chi connectivity index (χ0n) is 9.83. The summed E-state index contributed by atoms with van der Waals surface area (Å²) >= 11 is 0. The summed E-state index contributed by atoms with van der Waals surface area (Å²) in [7, 11) is 1.74. The molecule has 1 saturated heterocycles. The lowest BCUT2D eigenvalue weighted by atomic mass is 9.87. The Hall–Kier alpha value is -1.02. The summed E-state index contributed by atoms with van der Waals surface area (Å²) in [6, 6.07) is 9.31. The lowest BCUT2D eigenvalue weighted by Gasteiger charge is -2.24. The lowest BCUT2D eigenvalue weighted by molar-refractivity contribution is 0.411. The van der Waals surface area contributed by atoms with E-state index in [1.807, 2.05) is 6.07 Å². The van der Waals surface area contributed by atoms with E-state index in [9.17, 15) is 0 Å². The smallest absolute Gasteiger partial charge is 0.119 e.